The van der Waals surface area contributed by atoms with Gasteiger partial charge in [0.2, 0.25) is 5.91 Å². The van der Waals surface area contributed by atoms with E-state index in [1.807, 2.05) is 55.5 Å². The lowest BCUT2D eigenvalue weighted by Gasteiger charge is -2.06. The van der Waals surface area contributed by atoms with Gasteiger partial charge in [-0.3, -0.25) is 4.79 Å². The topological polar surface area (TPSA) is 41.5 Å². The standard InChI is InChI=1S/C21H20N2O/c1-16(14-17-8-3-2-4-9-17)22-23-21(24)15-19-12-7-11-18-10-5-6-13-20(18)19/h2-13H,14-15H2,1H3,(H,23,24). The maximum atomic E-state index is 12.2. The van der Waals surface area contributed by atoms with E-state index in [4.69, 9.17) is 0 Å². The van der Waals surface area contributed by atoms with Crippen molar-refractivity contribution in [3.63, 3.8) is 0 Å². The lowest BCUT2D eigenvalue weighted by Crippen LogP contribution is -2.21. The van der Waals surface area contributed by atoms with Crippen LogP contribution in [-0.4, -0.2) is 11.6 Å². The molecule has 3 aromatic rings. The smallest absolute Gasteiger partial charge is 0.244 e. The molecular weight excluding hydrogens is 296 g/mol. The molecule has 0 atom stereocenters. The molecule has 0 spiro atoms. The van der Waals surface area contributed by atoms with Crippen molar-refractivity contribution in [1.29, 1.82) is 0 Å². The molecule has 0 unspecified atom stereocenters. The molecule has 0 fully saturated rings. The van der Waals surface area contributed by atoms with Gasteiger partial charge in [0.15, 0.2) is 0 Å². The van der Waals surface area contributed by atoms with Crippen LogP contribution >= 0.6 is 0 Å². The highest BCUT2D eigenvalue weighted by molar-refractivity contribution is 5.91. The second kappa shape index (κ2) is 7.55. The van der Waals surface area contributed by atoms with Crippen LogP contribution in [-0.2, 0) is 17.6 Å². The molecule has 3 rings (SSSR count). The Kier molecular flexibility index (Phi) is 5.02. The highest BCUT2D eigenvalue weighted by atomic mass is 16.2. The predicted molar refractivity (Wildman–Crippen MR) is 99.0 cm³/mol. The highest BCUT2D eigenvalue weighted by Gasteiger charge is 2.06. The van der Waals surface area contributed by atoms with E-state index in [0.29, 0.717) is 6.42 Å². The lowest BCUT2D eigenvalue weighted by atomic mass is 10.0. The average molecular weight is 316 g/mol. The van der Waals surface area contributed by atoms with Crippen LogP contribution in [0, 0.1) is 0 Å². The van der Waals surface area contributed by atoms with Crippen molar-refractivity contribution in [2.24, 2.45) is 5.10 Å². The van der Waals surface area contributed by atoms with Crippen LogP contribution in [0.2, 0.25) is 0 Å². The molecule has 0 aliphatic rings. The Morgan fingerprint density at radius 2 is 1.58 bits per heavy atom. The first kappa shape index (κ1) is 15.9. The minimum absolute atomic E-state index is 0.0984. The van der Waals surface area contributed by atoms with Gasteiger partial charge in [0.25, 0.3) is 0 Å². The second-order valence-corrected chi connectivity index (χ2v) is 5.86. The van der Waals surface area contributed by atoms with Crippen molar-refractivity contribution in [1.82, 2.24) is 5.43 Å². The predicted octanol–water partition coefficient (Wildman–Crippen LogP) is 4.12. The summed E-state index contributed by atoms with van der Waals surface area (Å²) in [6.45, 7) is 1.92. The summed E-state index contributed by atoms with van der Waals surface area (Å²) in [6, 6.07) is 24.2. The maximum absolute atomic E-state index is 12.2. The van der Waals surface area contributed by atoms with Crippen LogP contribution in [0.1, 0.15) is 18.1 Å². The average Bonchev–Trinajstić information content (AvgIpc) is 2.61. The van der Waals surface area contributed by atoms with E-state index in [2.05, 4.69) is 34.8 Å². The van der Waals surface area contributed by atoms with Crippen LogP contribution in [0.5, 0.6) is 0 Å². The van der Waals surface area contributed by atoms with Gasteiger partial charge in [-0.1, -0.05) is 72.8 Å². The molecule has 3 heteroatoms. The molecule has 3 nitrogen and oxygen atoms in total. The summed E-state index contributed by atoms with van der Waals surface area (Å²) in [5, 5.41) is 6.47. The Bertz CT molecular complexity index is 864. The normalized spacial score (nSPS) is 11.5. The van der Waals surface area contributed by atoms with E-state index in [1.54, 1.807) is 0 Å². The Morgan fingerprint density at radius 1 is 0.875 bits per heavy atom. The summed E-state index contributed by atoms with van der Waals surface area (Å²) >= 11 is 0. The molecular formula is C21H20N2O. The summed E-state index contributed by atoms with van der Waals surface area (Å²) in [7, 11) is 0. The monoisotopic (exact) mass is 316 g/mol. The molecule has 0 radical (unpaired) electrons. The SMILES string of the molecule is CC(Cc1ccccc1)=NNC(=O)Cc1cccc2ccccc12. The fraction of sp³-hybridized carbons (Fsp3) is 0.143. The number of hydrazone groups is 1. The highest BCUT2D eigenvalue weighted by Crippen LogP contribution is 2.18. The van der Waals surface area contributed by atoms with E-state index in [-0.39, 0.29) is 5.91 Å². The van der Waals surface area contributed by atoms with E-state index >= 15 is 0 Å². The molecule has 0 aliphatic carbocycles. The molecule has 0 aromatic heterocycles. The van der Waals surface area contributed by atoms with Gasteiger partial charge in [-0.05, 0) is 28.8 Å². The number of nitrogens with zero attached hydrogens (tertiary/aromatic N) is 1. The Morgan fingerprint density at radius 3 is 2.42 bits per heavy atom. The fourth-order valence-electron chi connectivity index (χ4n) is 2.75. The van der Waals surface area contributed by atoms with Gasteiger partial charge in [0, 0.05) is 12.1 Å². The molecule has 0 saturated heterocycles. The van der Waals surface area contributed by atoms with Crippen LogP contribution in [0.3, 0.4) is 0 Å². The number of benzene rings is 3. The fourth-order valence-corrected chi connectivity index (χ4v) is 2.75. The third-order valence-electron chi connectivity index (χ3n) is 3.91. The van der Waals surface area contributed by atoms with Gasteiger partial charge in [0.05, 0.1) is 6.42 Å². The van der Waals surface area contributed by atoms with Gasteiger partial charge < -0.3 is 0 Å². The Labute approximate surface area is 142 Å². The van der Waals surface area contributed by atoms with Crippen molar-refractivity contribution in [2.75, 3.05) is 0 Å². The number of hydrogen-bond acceptors (Lipinski definition) is 2. The zero-order valence-corrected chi connectivity index (χ0v) is 13.7. The molecule has 0 saturated carbocycles. The Hall–Kier alpha value is -2.94. The molecule has 0 bridgehead atoms. The summed E-state index contributed by atoms with van der Waals surface area (Å²) in [4.78, 5) is 12.2. The minimum Gasteiger partial charge on any atom is -0.273 e. The number of carbonyl (C=O) groups is 1. The molecule has 3 aromatic carbocycles. The number of rotatable bonds is 5. The first-order valence-corrected chi connectivity index (χ1v) is 8.05. The van der Waals surface area contributed by atoms with Crippen molar-refractivity contribution >= 4 is 22.4 Å². The third kappa shape index (κ3) is 4.07. The van der Waals surface area contributed by atoms with E-state index in [9.17, 15) is 4.79 Å². The molecule has 1 amide bonds. The lowest BCUT2D eigenvalue weighted by molar-refractivity contribution is -0.120. The van der Waals surface area contributed by atoms with Gasteiger partial charge >= 0.3 is 0 Å². The number of hydrogen-bond donors (Lipinski definition) is 1. The number of fused-ring (bicyclic) bond motifs is 1. The van der Waals surface area contributed by atoms with Crippen molar-refractivity contribution in [2.45, 2.75) is 19.8 Å². The molecule has 0 aliphatic heterocycles. The van der Waals surface area contributed by atoms with Crippen molar-refractivity contribution in [3.05, 3.63) is 83.9 Å². The van der Waals surface area contributed by atoms with Crippen molar-refractivity contribution < 1.29 is 4.79 Å². The zero-order valence-electron chi connectivity index (χ0n) is 13.7. The first-order chi connectivity index (χ1) is 11.7. The van der Waals surface area contributed by atoms with Gasteiger partial charge in [-0.25, -0.2) is 5.43 Å². The summed E-state index contributed by atoms with van der Waals surface area (Å²) < 4.78 is 0. The van der Waals surface area contributed by atoms with Crippen LogP contribution in [0.4, 0.5) is 0 Å². The van der Waals surface area contributed by atoms with Gasteiger partial charge in [0.1, 0.15) is 0 Å². The van der Waals surface area contributed by atoms with Crippen molar-refractivity contribution in [3.8, 4) is 0 Å². The van der Waals surface area contributed by atoms with Crippen LogP contribution in [0.25, 0.3) is 10.8 Å². The largest absolute Gasteiger partial charge is 0.273 e. The molecule has 0 heterocycles. The summed E-state index contributed by atoms with van der Waals surface area (Å²) in [6.07, 6.45) is 1.05. The van der Waals surface area contributed by atoms with Gasteiger partial charge in [-0.15, -0.1) is 0 Å². The Balaban J connectivity index is 1.64. The molecule has 120 valence electrons. The number of carbonyl (C=O) groups excluding carboxylic acids is 1. The van der Waals surface area contributed by atoms with Crippen LogP contribution < -0.4 is 5.43 Å². The van der Waals surface area contributed by atoms with E-state index in [1.165, 1.54) is 5.56 Å². The molecule has 24 heavy (non-hydrogen) atoms. The first-order valence-electron chi connectivity index (χ1n) is 8.05. The van der Waals surface area contributed by atoms with E-state index < -0.39 is 0 Å². The second-order valence-electron chi connectivity index (χ2n) is 5.86. The summed E-state index contributed by atoms with van der Waals surface area (Å²) in [5.41, 5.74) is 5.74. The minimum atomic E-state index is -0.0984. The zero-order chi connectivity index (χ0) is 16.8. The molecule has 1 N–H and O–H groups in total. The number of amides is 1. The number of nitrogens with one attached hydrogen (secondary N) is 1. The van der Waals surface area contributed by atoms with E-state index in [0.717, 1.165) is 28.5 Å². The van der Waals surface area contributed by atoms with Crippen LogP contribution in [0.15, 0.2) is 77.9 Å². The quantitative estimate of drug-likeness (QED) is 0.558. The maximum Gasteiger partial charge on any atom is 0.244 e. The summed E-state index contributed by atoms with van der Waals surface area (Å²) in [5.74, 6) is -0.0984. The van der Waals surface area contributed by atoms with Gasteiger partial charge in [-0.2, -0.15) is 5.10 Å². The third-order valence-corrected chi connectivity index (χ3v) is 3.91.